The SMILES string of the molecule is CCC(C)C(C(CC(=O)N1CCC[C@H]1C(OC)C(C)C(=O)NC(CC1CC1)C(=O)NCc1ccc(NC(=O)O)cc1)OC)N(C)C(=O)C(NC(=O)C(C(C)C)N(C)C)C(C)C. The van der Waals surface area contributed by atoms with Crippen LogP contribution in [-0.4, -0.2) is 140 Å². The van der Waals surface area contributed by atoms with Gasteiger partial charge in [0.05, 0.1) is 42.7 Å². The largest absolute Gasteiger partial charge is 0.465 e. The van der Waals surface area contributed by atoms with Crippen molar-refractivity contribution in [2.45, 2.75) is 142 Å². The van der Waals surface area contributed by atoms with Crippen LogP contribution in [0.1, 0.15) is 99.0 Å². The molecule has 8 unspecified atom stereocenters. The molecule has 0 radical (unpaired) electrons. The topological polar surface area (TPSA) is 199 Å². The lowest BCUT2D eigenvalue weighted by Crippen LogP contribution is -2.59. The van der Waals surface area contributed by atoms with Gasteiger partial charge in [-0.15, -0.1) is 0 Å². The molecule has 2 aliphatic rings. The maximum atomic E-state index is 14.3. The van der Waals surface area contributed by atoms with Crippen LogP contribution >= 0.6 is 0 Å². The predicted molar refractivity (Wildman–Crippen MR) is 234 cm³/mol. The normalized spacial score (nSPS) is 19.3. The Balaban J connectivity index is 1.74. The molecule has 2 fully saturated rings. The summed E-state index contributed by atoms with van der Waals surface area (Å²) in [5.74, 6) is -1.87. The summed E-state index contributed by atoms with van der Waals surface area (Å²) >= 11 is 0. The molecule has 9 atom stereocenters. The van der Waals surface area contributed by atoms with Crippen LogP contribution in [0.5, 0.6) is 0 Å². The number of ether oxygens (including phenoxy) is 2. The predicted octanol–water partition coefficient (Wildman–Crippen LogP) is 4.32. The lowest BCUT2D eigenvalue weighted by molar-refractivity contribution is -0.148. The summed E-state index contributed by atoms with van der Waals surface area (Å²) in [6, 6.07) is 3.82. The number of carbonyl (C=O) groups is 6. The number of carboxylic acid groups (broad SMARTS) is 1. The van der Waals surface area contributed by atoms with Crippen LogP contribution in [0.2, 0.25) is 0 Å². The summed E-state index contributed by atoms with van der Waals surface area (Å²) < 4.78 is 12.0. The van der Waals surface area contributed by atoms with Gasteiger partial charge in [-0.3, -0.25) is 34.2 Å². The van der Waals surface area contributed by atoms with E-state index in [1.165, 1.54) is 7.11 Å². The van der Waals surface area contributed by atoms with E-state index in [0.717, 1.165) is 31.2 Å². The number of anilines is 1. The summed E-state index contributed by atoms with van der Waals surface area (Å²) in [4.78, 5) is 85.7. The number of hydrogen-bond acceptors (Lipinski definition) is 9. The summed E-state index contributed by atoms with van der Waals surface area (Å²) in [7, 11) is 8.50. The highest BCUT2D eigenvalue weighted by atomic mass is 16.5. The minimum Gasteiger partial charge on any atom is -0.465 e. The Morgan fingerprint density at radius 3 is 2.00 bits per heavy atom. The molecule has 0 spiro atoms. The molecule has 16 heteroatoms. The molecule has 3 rings (SSSR count). The highest BCUT2D eigenvalue weighted by Gasteiger charge is 2.44. The summed E-state index contributed by atoms with van der Waals surface area (Å²) in [6.45, 7) is 14.3. The molecule has 1 saturated carbocycles. The molecule has 16 nitrogen and oxygen atoms in total. The van der Waals surface area contributed by atoms with E-state index in [2.05, 4.69) is 21.3 Å². The van der Waals surface area contributed by atoms with Gasteiger partial charge in [-0.25, -0.2) is 4.79 Å². The van der Waals surface area contributed by atoms with E-state index in [9.17, 15) is 28.8 Å². The van der Waals surface area contributed by atoms with Crippen molar-refractivity contribution in [2.75, 3.05) is 47.2 Å². The van der Waals surface area contributed by atoms with Gasteiger partial charge in [0, 0.05) is 40.0 Å². The molecular weight excluding hydrogens is 783 g/mol. The molecule has 6 amide bonds. The number of hydrogen-bond donors (Lipinski definition) is 5. The number of nitrogens with one attached hydrogen (secondary N) is 4. The van der Waals surface area contributed by atoms with Crippen LogP contribution < -0.4 is 21.3 Å². The highest BCUT2D eigenvalue weighted by molar-refractivity contribution is 5.91. The van der Waals surface area contributed by atoms with E-state index in [-0.39, 0.29) is 60.3 Å². The standard InChI is InChI=1S/C45H75N7O9/c1-13-28(6)39(51(10)44(57)37(26(2)3)49-43(56)38(27(4)5)50(8)9)35(60-11)24-36(53)52-22-14-15-34(52)40(61-12)29(7)41(54)48-33(23-30-16-17-30)42(55)46-25-31-18-20-32(21-19-31)47-45(58)59/h18-21,26-30,33-35,37-40,47H,13-17,22-25H2,1-12H3,(H,46,55)(H,48,54)(H,49,56)(H,58,59)/t28?,29?,33?,34-,35?,37?,38?,39?,40?/m0/s1. The minimum absolute atomic E-state index is 0.00612. The zero-order chi connectivity index (χ0) is 45.7. The van der Waals surface area contributed by atoms with Gasteiger partial charge in [0.1, 0.15) is 12.1 Å². The third-order valence-corrected chi connectivity index (χ3v) is 12.5. The third kappa shape index (κ3) is 14.4. The number of likely N-dealkylation sites (tertiary alicyclic amines) is 1. The van der Waals surface area contributed by atoms with E-state index < -0.39 is 54.4 Å². The smallest absolute Gasteiger partial charge is 0.409 e. The van der Waals surface area contributed by atoms with Gasteiger partial charge in [-0.05, 0) is 74.7 Å². The Hall–Kier alpha value is -4.28. The summed E-state index contributed by atoms with van der Waals surface area (Å²) in [5.41, 5.74) is 1.19. The van der Waals surface area contributed by atoms with E-state index in [4.69, 9.17) is 14.6 Å². The Morgan fingerprint density at radius 1 is 0.852 bits per heavy atom. The average molecular weight is 858 g/mol. The van der Waals surface area contributed by atoms with Crippen molar-refractivity contribution >= 4 is 41.3 Å². The molecular formula is C45H75N7O9. The molecule has 61 heavy (non-hydrogen) atoms. The van der Waals surface area contributed by atoms with Crippen molar-refractivity contribution in [3.63, 3.8) is 0 Å². The molecule has 1 aliphatic heterocycles. The maximum absolute atomic E-state index is 14.3. The van der Waals surface area contributed by atoms with Crippen molar-refractivity contribution in [3.05, 3.63) is 29.8 Å². The van der Waals surface area contributed by atoms with E-state index >= 15 is 0 Å². The van der Waals surface area contributed by atoms with Gasteiger partial charge < -0.3 is 40.3 Å². The summed E-state index contributed by atoms with van der Waals surface area (Å²) in [6.07, 6.45) is 2.05. The number of benzene rings is 1. The fraction of sp³-hybridized carbons (Fsp3) is 0.733. The number of amides is 6. The lowest BCUT2D eigenvalue weighted by atomic mass is 9.89. The number of carbonyl (C=O) groups excluding carboxylic acids is 5. The Bertz CT molecular complexity index is 1610. The zero-order valence-corrected chi connectivity index (χ0v) is 38.7. The number of methoxy groups -OCH3 is 2. The van der Waals surface area contributed by atoms with Gasteiger partial charge >= 0.3 is 6.09 Å². The van der Waals surface area contributed by atoms with Gasteiger partial charge in [0.25, 0.3) is 0 Å². The van der Waals surface area contributed by atoms with Crippen LogP contribution in [0.3, 0.4) is 0 Å². The van der Waals surface area contributed by atoms with Crippen LogP contribution in [0.4, 0.5) is 10.5 Å². The van der Waals surface area contributed by atoms with Crippen LogP contribution in [0.25, 0.3) is 0 Å². The van der Waals surface area contributed by atoms with E-state index in [1.54, 1.807) is 55.1 Å². The second-order valence-corrected chi connectivity index (χ2v) is 18.1. The zero-order valence-electron chi connectivity index (χ0n) is 38.7. The van der Waals surface area contributed by atoms with Crippen LogP contribution in [0, 0.1) is 29.6 Å². The average Bonchev–Trinajstić information content (AvgIpc) is 3.90. The van der Waals surface area contributed by atoms with Crippen molar-refractivity contribution in [2.24, 2.45) is 29.6 Å². The first-order chi connectivity index (χ1) is 28.7. The van der Waals surface area contributed by atoms with Gasteiger partial charge in [0.15, 0.2) is 0 Å². The van der Waals surface area contributed by atoms with Gasteiger partial charge in [-0.2, -0.15) is 0 Å². The number of rotatable bonds is 24. The fourth-order valence-electron chi connectivity index (χ4n) is 8.77. The second-order valence-electron chi connectivity index (χ2n) is 18.1. The van der Waals surface area contributed by atoms with Crippen LogP contribution in [0.15, 0.2) is 24.3 Å². The number of likely N-dealkylation sites (N-methyl/N-ethyl adjacent to an activating group) is 2. The summed E-state index contributed by atoms with van der Waals surface area (Å²) in [5, 5.41) is 20.2. The Morgan fingerprint density at radius 2 is 1.49 bits per heavy atom. The van der Waals surface area contributed by atoms with Gasteiger partial charge in [0.2, 0.25) is 29.5 Å². The molecule has 344 valence electrons. The Kier molecular flexibility index (Phi) is 19.9. The molecule has 1 saturated heterocycles. The van der Waals surface area contributed by atoms with Gasteiger partial charge in [-0.1, -0.05) is 79.9 Å². The molecule has 1 aliphatic carbocycles. The Labute approximate surface area is 363 Å². The van der Waals surface area contributed by atoms with Crippen molar-refractivity contribution in [1.82, 2.24) is 30.7 Å². The third-order valence-electron chi connectivity index (χ3n) is 12.5. The van der Waals surface area contributed by atoms with Crippen LogP contribution in [-0.2, 0) is 40.0 Å². The number of nitrogens with zero attached hydrogens (tertiary/aromatic N) is 3. The quantitative estimate of drug-likeness (QED) is 0.0998. The molecule has 1 heterocycles. The molecule has 5 N–H and O–H groups in total. The minimum atomic E-state index is -1.17. The maximum Gasteiger partial charge on any atom is 0.409 e. The van der Waals surface area contributed by atoms with E-state index in [1.807, 2.05) is 60.5 Å². The van der Waals surface area contributed by atoms with E-state index in [0.29, 0.717) is 31.0 Å². The molecule has 1 aromatic carbocycles. The first kappa shape index (κ1) is 51.1. The highest BCUT2D eigenvalue weighted by Crippen LogP contribution is 2.34. The van der Waals surface area contributed by atoms with Crippen molar-refractivity contribution in [1.29, 1.82) is 0 Å². The first-order valence-electron chi connectivity index (χ1n) is 22.0. The molecule has 0 bridgehead atoms. The van der Waals surface area contributed by atoms with Crippen molar-refractivity contribution < 1.29 is 43.3 Å². The molecule has 0 aromatic heterocycles. The second kappa shape index (κ2) is 23.8. The van der Waals surface area contributed by atoms with Crippen molar-refractivity contribution in [3.8, 4) is 0 Å². The molecule has 1 aromatic rings. The fourth-order valence-corrected chi connectivity index (χ4v) is 8.77. The monoisotopic (exact) mass is 858 g/mol. The lowest BCUT2D eigenvalue weighted by Gasteiger charge is -2.41. The first-order valence-corrected chi connectivity index (χ1v) is 22.0.